The van der Waals surface area contributed by atoms with E-state index in [2.05, 4.69) is 10.3 Å². The lowest BCUT2D eigenvalue weighted by Gasteiger charge is -2.12. The maximum absolute atomic E-state index is 12.4. The van der Waals surface area contributed by atoms with Crippen LogP contribution in [0.25, 0.3) is 0 Å². The lowest BCUT2D eigenvalue weighted by molar-refractivity contribution is -0.121. The smallest absolute Gasteiger partial charge is 0.341 e. The van der Waals surface area contributed by atoms with Crippen LogP contribution in [-0.4, -0.2) is 34.8 Å². The van der Waals surface area contributed by atoms with Gasteiger partial charge < -0.3 is 15.8 Å². The van der Waals surface area contributed by atoms with E-state index in [0.717, 1.165) is 47.9 Å². The lowest BCUT2D eigenvalue weighted by atomic mass is 9.95. The van der Waals surface area contributed by atoms with Gasteiger partial charge in [0.05, 0.1) is 12.2 Å². The second-order valence-electron chi connectivity index (χ2n) is 5.78. The number of nitrogens with zero attached hydrogens (tertiary/aromatic N) is 1. The molecule has 2 aliphatic rings. The molecular formula is C16H19N3O4S2. The number of hydrogen-bond donors (Lipinski definition) is 2. The van der Waals surface area contributed by atoms with Crippen LogP contribution in [0.15, 0.2) is 4.99 Å². The second-order valence-corrected chi connectivity index (χ2v) is 8.11. The number of esters is 1. The standard InChI is InChI=1S/C16H19N3O4S2/c1-2-23-15(22)12-8-5-3-4-6-9(8)24-14(12)18-11(20)7-10-13(21)19-16(17)25-10/h10H,2-7H2,1H3,(H,18,20)(H2,17,19,21)/t10-/m0/s1. The van der Waals surface area contributed by atoms with Gasteiger partial charge in [-0.15, -0.1) is 11.3 Å². The van der Waals surface area contributed by atoms with E-state index in [1.807, 2.05) is 0 Å². The number of nitrogens with one attached hydrogen (secondary N) is 1. The number of amides is 2. The molecule has 7 nitrogen and oxygen atoms in total. The van der Waals surface area contributed by atoms with Crippen LogP contribution < -0.4 is 11.1 Å². The molecule has 134 valence electrons. The van der Waals surface area contributed by atoms with E-state index in [1.165, 1.54) is 11.3 Å². The molecule has 9 heteroatoms. The Balaban J connectivity index is 1.77. The highest BCUT2D eigenvalue weighted by molar-refractivity contribution is 8.15. The molecule has 3 N–H and O–H groups in total. The van der Waals surface area contributed by atoms with Gasteiger partial charge in [0.15, 0.2) is 5.17 Å². The molecule has 0 saturated heterocycles. The van der Waals surface area contributed by atoms with E-state index < -0.39 is 17.1 Å². The third-order valence-electron chi connectivity index (χ3n) is 4.03. The Bertz CT molecular complexity index is 757. The van der Waals surface area contributed by atoms with Crippen LogP contribution in [0, 0.1) is 0 Å². The Kier molecular flexibility index (Phi) is 5.43. The van der Waals surface area contributed by atoms with Crippen molar-refractivity contribution in [3.8, 4) is 0 Å². The van der Waals surface area contributed by atoms with E-state index >= 15 is 0 Å². The van der Waals surface area contributed by atoms with Gasteiger partial charge in [0.1, 0.15) is 10.3 Å². The average Bonchev–Trinajstić information content (AvgIpc) is 3.06. The van der Waals surface area contributed by atoms with Crippen LogP contribution in [0.1, 0.15) is 47.0 Å². The number of ether oxygens (including phenoxy) is 1. The summed E-state index contributed by atoms with van der Waals surface area (Å²) in [6.45, 7) is 2.03. The molecule has 0 bridgehead atoms. The summed E-state index contributed by atoms with van der Waals surface area (Å²) >= 11 is 2.51. The molecular weight excluding hydrogens is 362 g/mol. The fourth-order valence-electron chi connectivity index (χ4n) is 2.95. The minimum absolute atomic E-state index is 0.0292. The summed E-state index contributed by atoms with van der Waals surface area (Å²) in [5, 5.41) is 2.89. The fourth-order valence-corrected chi connectivity index (χ4v) is 5.07. The van der Waals surface area contributed by atoms with Crippen molar-refractivity contribution in [3.05, 3.63) is 16.0 Å². The molecule has 25 heavy (non-hydrogen) atoms. The molecule has 1 aliphatic carbocycles. The molecule has 0 fully saturated rings. The highest BCUT2D eigenvalue weighted by Crippen LogP contribution is 2.39. The number of anilines is 1. The normalized spacial score (nSPS) is 19.3. The number of hydrogen-bond acceptors (Lipinski definition) is 7. The Morgan fingerprint density at radius 1 is 1.36 bits per heavy atom. The third-order valence-corrected chi connectivity index (χ3v) is 6.23. The SMILES string of the molecule is CCOC(=O)c1c(NC(=O)C[C@@H]2SC(N)=NC2=O)sc2c1CCCC2. The molecule has 2 heterocycles. The van der Waals surface area contributed by atoms with E-state index in [-0.39, 0.29) is 24.1 Å². The molecule has 0 radical (unpaired) electrons. The van der Waals surface area contributed by atoms with E-state index in [9.17, 15) is 14.4 Å². The quantitative estimate of drug-likeness (QED) is 0.756. The first-order valence-electron chi connectivity index (χ1n) is 8.15. The Morgan fingerprint density at radius 3 is 2.80 bits per heavy atom. The number of thiophene rings is 1. The molecule has 1 atom stereocenters. The predicted molar refractivity (Wildman–Crippen MR) is 98.2 cm³/mol. The maximum Gasteiger partial charge on any atom is 0.341 e. The van der Waals surface area contributed by atoms with Crippen molar-refractivity contribution in [1.82, 2.24) is 0 Å². The van der Waals surface area contributed by atoms with Crippen molar-refractivity contribution in [2.45, 2.75) is 44.3 Å². The summed E-state index contributed by atoms with van der Waals surface area (Å²) in [7, 11) is 0. The highest BCUT2D eigenvalue weighted by atomic mass is 32.2. The second kappa shape index (κ2) is 7.57. The first-order valence-corrected chi connectivity index (χ1v) is 9.85. The van der Waals surface area contributed by atoms with Gasteiger partial charge >= 0.3 is 5.97 Å². The number of amidine groups is 1. The Morgan fingerprint density at radius 2 is 2.12 bits per heavy atom. The largest absolute Gasteiger partial charge is 0.462 e. The first-order chi connectivity index (χ1) is 12.0. The summed E-state index contributed by atoms with van der Waals surface area (Å²) < 4.78 is 5.16. The van der Waals surface area contributed by atoms with Crippen molar-refractivity contribution in [3.63, 3.8) is 0 Å². The predicted octanol–water partition coefficient (Wildman–Crippen LogP) is 2.09. The number of nitrogens with two attached hydrogens (primary N) is 1. The van der Waals surface area contributed by atoms with Crippen LogP contribution in [0.4, 0.5) is 5.00 Å². The lowest BCUT2D eigenvalue weighted by Crippen LogP contribution is -2.22. The number of carbonyl (C=O) groups is 3. The van der Waals surface area contributed by atoms with Crippen LogP contribution in [0.5, 0.6) is 0 Å². The Labute approximate surface area is 153 Å². The molecule has 0 saturated carbocycles. The molecule has 0 aromatic carbocycles. The van der Waals surface area contributed by atoms with Crippen molar-refractivity contribution >= 4 is 51.1 Å². The molecule has 1 aliphatic heterocycles. The summed E-state index contributed by atoms with van der Waals surface area (Å²) in [5.74, 6) is -1.13. The van der Waals surface area contributed by atoms with Crippen LogP contribution >= 0.6 is 23.1 Å². The fraction of sp³-hybridized carbons (Fsp3) is 0.500. The zero-order valence-corrected chi connectivity index (χ0v) is 15.4. The molecule has 3 rings (SSSR count). The van der Waals surface area contributed by atoms with Crippen LogP contribution in [0.3, 0.4) is 0 Å². The summed E-state index contributed by atoms with van der Waals surface area (Å²) in [5.41, 5.74) is 6.97. The molecule has 0 spiro atoms. The van der Waals surface area contributed by atoms with Gasteiger partial charge in [0.25, 0.3) is 5.91 Å². The molecule has 2 amide bonds. The highest BCUT2D eigenvalue weighted by Gasteiger charge is 2.31. The Hall–Kier alpha value is -1.87. The molecule has 0 unspecified atom stereocenters. The first kappa shape index (κ1) is 17.9. The number of aryl methyl sites for hydroxylation is 1. The van der Waals surface area contributed by atoms with Gasteiger partial charge in [-0.05, 0) is 38.2 Å². The zero-order chi connectivity index (χ0) is 18.0. The topological polar surface area (TPSA) is 111 Å². The van der Waals surface area contributed by atoms with Gasteiger partial charge in [-0.2, -0.15) is 4.99 Å². The minimum Gasteiger partial charge on any atom is -0.462 e. The van der Waals surface area contributed by atoms with Gasteiger partial charge in [-0.25, -0.2) is 4.79 Å². The number of thioether (sulfide) groups is 1. The number of carbonyl (C=O) groups excluding carboxylic acids is 3. The van der Waals surface area contributed by atoms with Gasteiger partial charge in [-0.1, -0.05) is 11.8 Å². The van der Waals surface area contributed by atoms with Crippen molar-refractivity contribution in [2.75, 3.05) is 11.9 Å². The number of fused-ring (bicyclic) bond motifs is 1. The third kappa shape index (κ3) is 3.87. The average molecular weight is 381 g/mol. The van der Waals surface area contributed by atoms with Crippen LogP contribution in [0.2, 0.25) is 0 Å². The summed E-state index contributed by atoms with van der Waals surface area (Å²) in [6, 6.07) is 0. The monoisotopic (exact) mass is 381 g/mol. The minimum atomic E-state index is -0.597. The molecule has 1 aromatic heterocycles. The van der Waals surface area contributed by atoms with Crippen molar-refractivity contribution in [2.24, 2.45) is 10.7 Å². The molecule has 1 aromatic rings. The maximum atomic E-state index is 12.4. The van der Waals surface area contributed by atoms with Gasteiger partial charge in [0.2, 0.25) is 5.91 Å². The number of aliphatic imine (C=N–C) groups is 1. The van der Waals surface area contributed by atoms with E-state index in [1.54, 1.807) is 6.92 Å². The van der Waals surface area contributed by atoms with Crippen molar-refractivity contribution in [1.29, 1.82) is 0 Å². The summed E-state index contributed by atoms with van der Waals surface area (Å²) in [6.07, 6.45) is 3.79. The van der Waals surface area contributed by atoms with Gasteiger partial charge in [0, 0.05) is 11.3 Å². The zero-order valence-electron chi connectivity index (χ0n) is 13.8. The van der Waals surface area contributed by atoms with Crippen molar-refractivity contribution < 1.29 is 19.1 Å². The van der Waals surface area contributed by atoms with Crippen LogP contribution in [-0.2, 0) is 27.2 Å². The summed E-state index contributed by atoms with van der Waals surface area (Å²) in [4.78, 5) is 41.1. The van der Waals surface area contributed by atoms with Gasteiger partial charge in [-0.3, -0.25) is 9.59 Å². The van der Waals surface area contributed by atoms with E-state index in [4.69, 9.17) is 10.5 Å². The number of rotatable bonds is 5. The van der Waals surface area contributed by atoms with E-state index in [0.29, 0.717) is 10.6 Å².